The normalized spacial score (nSPS) is 14.5. The average molecular weight is 588 g/mol. The summed E-state index contributed by atoms with van der Waals surface area (Å²) < 4.78 is 0. The Labute approximate surface area is 243 Å². The molecule has 0 saturated carbocycles. The standard InChI is InChI=1S/C27H41N9O6/c1-3-14(2)22(26(41)42)36-25(40)20(11-15-13-33-18-8-5-4-7-16(15)18)35-24(39)19(9-6-10-32-27(30)31)34-23(38)17(28)12-21(29)37/h4-5,7-8,13-14,17,19-20,22,33H,3,6,9-12,28H2,1-2H3,(H2,29,37)(H,34,38)(H,35,39)(H,36,40)(H,41,42)(H4,30,31,32). The Bertz CT molecular complexity index is 1290. The van der Waals surface area contributed by atoms with Crippen molar-refractivity contribution in [2.24, 2.45) is 33.8 Å². The molecule has 0 aliphatic heterocycles. The van der Waals surface area contributed by atoms with E-state index in [9.17, 15) is 29.1 Å². The van der Waals surface area contributed by atoms with Gasteiger partial charge in [0.05, 0.1) is 12.5 Å². The number of hydrogen-bond donors (Lipinski definition) is 9. The van der Waals surface area contributed by atoms with Crippen LogP contribution in [0.2, 0.25) is 0 Å². The lowest BCUT2D eigenvalue weighted by atomic mass is 9.97. The number of rotatable bonds is 17. The molecule has 0 radical (unpaired) electrons. The highest BCUT2D eigenvalue weighted by Crippen LogP contribution is 2.20. The fraction of sp³-hybridized carbons (Fsp3) is 0.481. The molecule has 1 heterocycles. The molecule has 5 atom stereocenters. The van der Waals surface area contributed by atoms with Crippen LogP contribution in [0.1, 0.15) is 45.1 Å². The third kappa shape index (κ3) is 10.1. The predicted octanol–water partition coefficient (Wildman–Crippen LogP) is -1.45. The maximum atomic E-state index is 13.5. The van der Waals surface area contributed by atoms with E-state index in [1.807, 2.05) is 24.3 Å². The molecule has 2 rings (SSSR count). The number of aliphatic imine (C=N–C) groups is 1. The molecule has 5 unspecified atom stereocenters. The van der Waals surface area contributed by atoms with Gasteiger partial charge in [0, 0.05) is 30.1 Å². The lowest BCUT2D eigenvalue weighted by Gasteiger charge is -2.26. The maximum absolute atomic E-state index is 13.5. The molecule has 15 nitrogen and oxygen atoms in total. The molecule has 0 aliphatic carbocycles. The van der Waals surface area contributed by atoms with Gasteiger partial charge in [-0.1, -0.05) is 38.5 Å². The molecule has 4 amide bonds. The van der Waals surface area contributed by atoms with E-state index >= 15 is 0 Å². The van der Waals surface area contributed by atoms with Gasteiger partial charge in [-0.15, -0.1) is 0 Å². The van der Waals surface area contributed by atoms with Gasteiger partial charge >= 0.3 is 5.97 Å². The second-order valence-electron chi connectivity index (χ2n) is 10.1. The summed E-state index contributed by atoms with van der Waals surface area (Å²) in [5.74, 6) is -4.76. The number of carboxylic acid groups (broad SMARTS) is 1. The van der Waals surface area contributed by atoms with Crippen LogP contribution in [0.3, 0.4) is 0 Å². The molecule has 2 aromatic rings. The SMILES string of the molecule is CCC(C)C(NC(=O)C(Cc1c[nH]c2ccccc12)NC(=O)C(CCCN=C(N)N)NC(=O)C(N)CC(N)=O)C(=O)O. The predicted molar refractivity (Wildman–Crippen MR) is 157 cm³/mol. The topological polar surface area (TPSA) is 274 Å². The summed E-state index contributed by atoms with van der Waals surface area (Å²) in [7, 11) is 0. The van der Waals surface area contributed by atoms with E-state index < -0.39 is 60.2 Å². The summed E-state index contributed by atoms with van der Waals surface area (Å²) in [6, 6.07) is 2.49. The number of para-hydroxylation sites is 1. The number of amides is 4. The van der Waals surface area contributed by atoms with Crippen molar-refractivity contribution >= 4 is 46.5 Å². The highest BCUT2D eigenvalue weighted by atomic mass is 16.4. The Morgan fingerprint density at radius 1 is 0.976 bits per heavy atom. The number of aromatic amines is 1. The van der Waals surface area contributed by atoms with Crippen molar-refractivity contribution in [2.75, 3.05) is 6.54 Å². The number of benzene rings is 1. The van der Waals surface area contributed by atoms with Crippen molar-refractivity contribution in [3.8, 4) is 0 Å². The van der Waals surface area contributed by atoms with Crippen molar-refractivity contribution in [3.63, 3.8) is 0 Å². The van der Waals surface area contributed by atoms with Gasteiger partial charge in [0.25, 0.3) is 0 Å². The van der Waals surface area contributed by atoms with E-state index in [-0.39, 0.29) is 37.7 Å². The number of nitrogens with one attached hydrogen (secondary N) is 4. The summed E-state index contributed by atoms with van der Waals surface area (Å²) in [5.41, 5.74) is 23.1. The van der Waals surface area contributed by atoms with Gasteiger partial charge in [0.15, 0.2) is 5.96 Å². The third-order valence-electron chi connectivity index (χ3n) is 6.84. The number of H-pyrrole nitrogens is 1. The van der Waals surface area contributed by atoms with Crippen LogP contribution in [0.5, 0.6) is 0 Å². The molecular weight excluding hydrogens is 546 g/mol. The zero-order valence-electron chi connectivity index (χ0n) is 23.8. The van der Waals surface area contributed by atoms with Crippen molar-refractivity contribution in [1.29, 1.82) is 0 Å². The first-order valence-corrected chi connectivity index (χ1v) is 13.6. The van der Waals surface area contributed by atoms with Crippen molar-refractivity contribution in [2.45, 2.75) is 70.1 Å². The van der Waals surface area contributed by atoms with Crippen LogP contribution in [0.25, 0.3) is 10.9 Å². The smallest absolute Gasteiger partial charge is 0.326 e. The number of carboxylic acids is 1. The minimum Gasteiger partial charge on any atom is -0.480 e. The molecule has 1 aromatic heterocycles. The number of nitrogens with zero attached hydrogens (tertiary/aromatic N) is 1. The number of carbonyl (C=O) groups is 5. The summed E-state index contributed by atoms with van der Waals surface area (Å²) in [4.78, 5) is 69.8. The minimum atomic E-state index is -1.30. The summed E-state index contributed by atoms with van der Waals surface area (Å²) in [6.07, 6.45) is 2.11. The molecule has 0 aliphatic rings. The Kier molecular flexibility index (Phi) is 12.7. The zero-order chi connectivity index (χ0) is 31.4. The van der Waals surface area contributed by atoms with Crippen molar-refractivity contribution < 1.29 is 29.1 Å². The summed E-state index contributed by atoms with van der Waals surface area (Å²) in [6.45, 7) is 3.66. The largest absolute Gasteiger partial charge is 0.480 e. The van der Waals surface area contributed by atoms with Crippen LogP contribution >= 0.6 is 0 Å². The zero-order valence-corrected chi connectivity index (χ0v) is 23.8. The number of aromatic nitrogens is 1. The van der Waals surface area contributed by atoms with Gasteiger partial charge in [0.2, 0.25) is 23.6 Å². The molecule has 1 aromatic carbocycles. The van der Waals surface area contributed by atoms with Crippen molar-refractivity contribution in [1.82, 2.24) is 20.9 Å². The van der Waals surface area contributed by atoms with E-state index in [0.29, 0.717) is 12.0 Å². The van der Waals surface area contributed by atoms with E-state index in [1.54, 1.807) is 20.0 Å². The van der Waals surface area contributed by atoms with Crippen molar-refractivity contribution in [3.05, 3.63) is 36.0 Å². The summed E-state index contributed by atoms with van der Waals surface area (Å²) >= 11 is 0. The Morgan fingerprint density at radius 2 is 1.62 bits per heavy atom. The first-order valence-electron chi connectivity index (χ1n) is 13.6. The van der Waals surface area contributed by atoms with Crippen LogP contribution in [0, 0.1) is 5.92 Å². The van der Waals surface area contributed by atoms with Crippen LogP contribution in [-0.2, 0) is 30.4 Å². The Morgan fingerprint density at radius 3 is 2.24 bits per heavy atom. The van der Waals surface area contributed by atoms with E-state index in [4.69, 9.17) is 22.9 Å². The van der Waals surface area contributed by atoms with Gasteiger partial charge in [-0.3, -0.25) is 24.2 Å². The number of nitrogens with two attached hydrogens (primary N) is 4. The molecule has 0 saturated heterocycles. The number of carbonyl (C=O) groups excluding carboxylic acids is 4. The monoisotopic (exact) mass is 587 g/mol. The molecule has 15 heteroatoms. The van der Waals surface area contributed by atoms with Gasteiger partial charge < -0.3 is 49.0 Å². The number of primary amides is 1. The second-order valence-corrected chi connectivity index (χ2v) is 10.1. The highest BCUT2D eigenvalue weighted by Gasteiger charge is 2.32. The lowest BCUT2D eigenvalue weighted by Crippen LogP contribution is -2.58. The second kappa shape index (κ2) is 16.0. The molecule has 0 spiro atoms. The van der Waals surface area contributed by atoms with E-state index in [1.165, 1.54) is 0 Å². The summed E-state index contributed by atoms with van der Waals surface area (Å²) in [5, 5.41) is 18.3. The molecule has 0 fully saturated rings. The molecular formula is C27H41N9O6. The quantitative estimate of drug-likeness (QED) is 0.0594. The number of hydrogen-bond acceptors (Lipinski definition) is 7. The highest BCUT2D eigenvalue weighted by molar-refractivity contribution is 5.95. The van der Waals surface area contributed by atoms with Crippen LogP contribution in [0.4, 0.5) is 0 Å². The minimum absolute atomic E-state index is 0.0181. The average Bonchev–Trinajstić information content (AvgIpc) is 3.34. The lowest BCUT2D eigenvalue weighted by molar-refractivity contribution is -0.143. The first-order chi connectivity index (χ1) is 19.8. The van der Waals surface area contributed by atoms with Gasteiger partial charge in [-0.2, -0.15) is 0 Å². The van der Waals surface area contributed by atoms with Crippen LogP contribution < -0.4 is 38.9 Å². The molecule has 13 N–H and O–H groups in total. The third-order valence-corrected chi connectivity index (χ3v) is 6.84. The van der Waals surface area contributed by atoms with Crippen LogP contribution in [0.15, 0.2) is 35.5 Å². The molecule has 42 heavy (non-hydrogen) atoms. The van der Waals surface area contributed by atoms with Crippen LogP contribution in [-0.4, -0.2) is 76.4 Å². The number of aliphatic carboxylic acids is 1. The van der Waals surface area contributed by atoms with Gasteiger partial charge in [-0.25, -0.2) is 4.79 Å². The first kappa shape index (κ1) is 33.5. The van der Waals surface area contributed by atoms with E-state index in [0.717, 1.165) is 10.9 Å². The number of guanidine groups is 1. The fourth-order valence-corrected chi connectivity index (χ4v) is 4.30. The Hall–Kier alpha value is -4.66. The van der Waals surface area contributed by atoms with Gasteiger partial charge in [0.1, 0.15) is 18.1 Å². The molecule has 0 bridgehead atoms. The Balaban J connectivity index is 2.35. The fourth-order valence-electron chi connectivity index (χ4n) is 4.30. The van der Waals surface area contributed by atoms with Gasteiger partial charge in [-0.05, 0) is 30.4 Å². The maximum Gasteiger partial charge on any atom is 0.326 e. The molecule has 230 valence electrons. The van der Waals surface area contributed by atoms with E-state index in [2.05, 4.69) is 25.9 Å². The number of fused-ring (bicyclic) bond motifs is 1.